The van der Waals surface area contributed by atoms with Gasteiger partial charge in [-0.3, -0.25) is 19.7 Å². The summed E-state index contributed by atoms with van der Waals surface area (Å²) in [5, 5.41) is 20.7. The summed E-state index contributed by atoms with van der Waals surface area (Å²) < 4.78 is 2.07. The number of benzene rings is 2. The molecule has 0 fully saturated rings. The largest absolute Gasteiger partial charge is 0.298 e. The number of aromatic nitrogens is 4. The van der Waals surface area contributed by atoms with Crippen molar-refractivity contribution in [3.8, 4) is 11.4 Å². The van der Waals surface area contributed by atoms with Gasteiger partial charge in [0.15, 0.2) is 11.0 Å². The van der Waals surface area contributed by atoms with Crippen LogP contribution in [0, 0.1) is 10.1 Å². The first-order chi connectivity index (χ1) is 14.6. The molecule has 0 aliphatic carbocycles. The van der Waals surface area contributed by atoms with Gasteiger partial charge in [-0.1, -0.05) is 54.2 Å². The molecule has 2 heterocycles. The summed E-state index contributed by atoms with van der Waals surface area (Å²) in [6, 6.07) is 20.7. The standard InChI is InChI=1S/C22H19N5O2S/c1-16(19-8-5-9-20(14-19)27(28)29)30-22-25-24-21(18-10-12-23-13-11-18)26(22)15-17-6-3-2-4-7-17/h2-14,16H,15H2,1H3/t16-/m0/s1. The minimum atomic E-state index is -0.375. The van der Waals surface area contributed by atoms with Crippen LogP contribution in [0.3, 0.4) is 0 Å². The maximum Gasteiger partial charge on any atom is 0.269 e. The topological polar surface area (TPSA) is 86.7 Å². The SMILES string of the molecule is C[C@H](Sc1nnc(-c2ccncc2)n1Cc1ccccc1)c1cccc([N+](=O)[O-])c1. The summed E-state index contributed by atoms with van der Waals surface area (Å²) in [5.74, 6) is 0.759. The Balaban J connectivity index is 1.68. The van der Waals surface area contributed by atoms with Crippen LogP contribution < -0.4 is 0 Å². The van der Waals surface area contributed by atoms with Crippen LogP contribution in [-0.2, 0) is 6.54 Å². The quantitative estimate of drug-likeness (QED) is 0.235. The molecule has 4 rings (SSSR count). The maximum atomic E-state index is 11.1. The molecule has 4 aromatic rings. The minimum Gasteiger partial charge on any atom is -0.298 e. The van der Waals surface area contributed by atoms with Gasteiger partial charge in [0, 0.05) is 35.3 Å². The van der Waals surface area contributed by atoms with Crippen molar-refractivity contribution in [3.05, 3.63) is 100 Å². The summed E-state index contributed by atoms with van der Waals surface area (Å²) in [5.41, 5.74) is 3.03. The highest BCUT2D eigenvalue weighted by atomic mass is 32.2. The smallest absolute Gasteiger partial charge is 0.269 e. The number of nitro benzene ring substituents is 1. The van der Waals surface area contributed by atoms with Gasteiger partial charge in [-0.15, -0.1) is 10.2 Å². The van der Waals surface area contributed by atoms with Crippen molar-refractivity contribution in [3.63, 3.8) is 0 Å². The average molecular weight is 417 g/mol. The van der Waals surface area contributed by atoms with Crippen molar-refractivity contribution in [2.75, 3.05) is 0 Å². The predicted octanol–water partition coefficient (Wildman–Crippen LogP) is 5.15. The van der Waals surface area contributed by atoms with E-state index in [0.29, 0.717) is 6.54 Å². The van der Waals surface area contributed by atoms with Crippen molar-refractivity contribution < 1.29 is 4.92 Å². The third-order valence-electron chi connectivity index (χ3n) is 4.67. The highest BCUT2D eigenvalue weighted by Gasteiger charge is 2.19. The second kappa shape index (κ2) is 8.87. The van der Waals surface area contributed by atoms with Gasteiger partial charge in [0.2, 0.25) is 0 Å². The lowest BCUT2D eigenvalue weighted by molar-refractivity contribution is -0.384. The summed E-state index contributed by atoms with van der Waals surface area (Å²) in [7, 11) is 0. The van der Waals surface area contributed by atoms with E-state index in [2.05, 4.69) is 31.9 Å². The molecule has 7 nitrogen and oxygen atoms in total. The molecule has 0 bridgehead atoms. The minimum absolute atomic E-state index is 0.0334. The first-order valence-electron chi connectivity index (χ1n) is 9.40. The van der Waals surface area contributed by atoms with Crippen molar-refractivity contribution in [1.29, 1.82) is 0 Å². The zero-order valence-electron chi connectivity index (χ0n) is 16.3. The van der Waals surface area contributed by atoms with Gasteiger partial charge in [0.05, 0.1) is 11.5 Å². The maximum absolute atomic E-state index is 11.1. The molecule has 0 amide bonds. The van der Waals surface area contributed by atoms with E-state index in [0.717, 1.165) is 27.7 Å². The van der Waals surface area contributed by atoms with Crippen LogP contribution in [0.25, 0.3) is 11.4 Å². The second-order valence-corrected chi connectivity index (χ2v) is 8.03. The Hall–Kier alpha value is -3.52. The van der Waals surface area contributed by atoms with Crippen molar-refractivity contribution in [2.24, 2.45) is 0 Å². The molecule has 0 aliphatic rings. The number of non-ortho nitro benzene ring substituents is 1. The molecule has 0 N–H and O–H groups in total. The highest BCUT2D eigenvalue weighted by Crippen LogP contribution is 2.36. The average Bonchev–Trinajstić information content (AvgIpc) is 3.17. The van der Waals surface area contributed by atoms with Crippen LogP contribution in [0.2, 0.25) is 0 Å². The Kier molecular flexibility index (Phi) is 5.85. The van der Waals surface area contributed by atoms with Crippen LogP contribution in [0.4, 0.5) is 5.69 Å². The van der Waals surface area contributed by atoms with Gasteiger partial charge in [-0.2, -0.15) is 0 Å². The van der Waals surface area contributed by atoms with E-state index in [4.69, 9.17) is 0 Å². The summed E-state index contributed by atoms with van der Waals surface area (Å²) >= 11 is 1.53. The van der Waals surface area contributed by atoms with Crippen molar-refractivity contribution in [2.45, 2.75) is 23.9 Å². The number of pyridine rings is 1. The molecule has 0 saturated carbocycles. The van der Waals surface area contributed by atoms with E-state index >= 15 is 0 Å². The predicted molar refractivity (Wildman–Crippen MR) is 116 cm³/mol. The molecular formula is C22H19N5O2S. The normalized spacial score (nSPS) is 11.9. The van der Waals surface area contributed by atoms with E-state index in [-0.39, 0.29) is 15.9 Å². The first kappa shape index (κ1) is 19.8. The zero-order valence-corrected chi connectivity index (χ0v) is 17.1. The van der Waals surface area contributed by atoms with Crippen LogP contribution in [0.5, 0.6) is 0 Å². The molecule has 0 spiro atoms. The summed E-state index contributed by atoms with van der Waals surface area (Å²) in [6.07, 6.45) is 3.46. The lowest BCUT2D eigenvalue weighted by Gasteiger charge is -2.14. The monoisotopic (exact) mass is 417 g/mol. The van der Waals surface area contributed by atoms with Gasteiger partial charge >= 0.3 is 0 Å². The van der Waals surface area contributed by atoms with Crippen LogP contribution in [-0.4, -0.2) is 24.7 Å². The van der Waals surface area contributed by atoms with E-state index in [1.54, 1.807) is 24.5 Å². The number of hydrogen-bond acceptors (Lipinski definition) is 6. The number of thioether (sulfide) groups is 1. The number of nitro groups is 1. The fourth-order valence-corrected chi connectivity index (χ4v) is 4.08. The fraction of sp³-hybridized carbons (Fsp3) is 0.136. The number of nitrogens with zero attached hydrogens (tertiary/aromatic N) is 5. The van der Waals surface area contributed by atoms with Crippen LogP contribution >= 0.6 is 11.8 Å². The molecule has 150 valence electrons. The van der Waals surface area contributed by atoms with Crippen LogP contribution in [0.1, 0.15) is 23.3 Å². The number of rotatable bonds is 7. The molecule has 2 aromatic heterocycles. The van der Waals surface area contributed by atoms with E-state index in [1.807, 2.05) is 43.3 Å². The molecule has 8 heteroatoms. The van der Waals surface area contributed by atoms with Gasteiger partial charge in [-0.25, -0.2) is 0 Å². The van der Waals surface area contributed by atoms with E-state index in [1.165, 1.54) is 17.8 Å². The summed E-state index contributed by atoms with van der Waals surface area (Å²) in [6.45, 7) is 2.63. The lowest BCUT2D eigenvalue weighted by atomic mass is 10.1. The Morgan fingerprint density at radius 1 is 1.03 bits per heavy atom. The molecule has 1 atom stereocenters. The van der Waals surface area contributed by atoms with E-state index < -0.39 is 0 Å². The van der Waals surface area contributed by atoms with Crippen LogP contribution in [0.15, 0.2) is 84.3 Å². The molecule has 2 aromatic carbocycles. The third-order valence-corrected chi connectivity index (χ3v) is 5.81. The first-order valence-corrected chi connectivity index (χ1v) is 10.3. The number of hydrogen-bond donors (Lipinski definition) is 0. The fourth-order valence-electron chi connectivity index (χ4n) is 3.12. The Bertz CT molecular complexity index is 1150. The Morgan fingerprint density at radius 2 is 1.80 bits per heavy atom. The van der Waals surface area contributed by atoms with Gasteiger partial charge in [-0.05, 0) is 30.2 Å². The Labute approximate surface area is 178 Å². The Morgan fingerprint density at radius 3 is 2.53 bits per heavy atom. The third kappa shape index (κ3) is 4.38. The van der Waals surface area contributed by atoms with Gasteiger partial charge in [0.25, 0.3) is 5.69 Å². The molecule has 0 radical (unpaired) electrons. The van der Waals surface area contributed by atoms with Crippen molar-refractivity contribution >= 4 is 17.4 Å². The molecule has 0 saturated heterocycles. The zero-order chi connectivity index (χ0) is 20.9. The lowest BCUT2D eigenvalue weighted by Crippen LogP contribution is -2.05. The van der Waals surface area contributed by atoms with Gasteiger partial charge in [0.1, 0.15) is 0 Å². The molecule has 30 heavy (non-hydrogen) atoms. The van der Waals surface area contributed by atoms with Crippen molar-refractivity contribution in [1.82, 2.24) is 19.7 Å². The molecule has 0 unspecified atom stereocenters. The summed E-state index contributed by atoms with van der Waals surface area (Å²) in [4.78, 5) is 14.8. The molecule has 0 aliphatic heterocycles. The van der Waals surface area contributed by atoms with Gasteiger partial charge < -0.3 is 0 Å². The van der Waals surface area contributed by atoms with E-state index in [9.17, 15) is 10.1 Å². The highest BCUT2D eigenvalue weighted by molar-refractivity contribution is 7.99. The second-order valence-electron chi connectivity index (χ2n) is 6.73. The molecular weight excluding hydrogens is 398 g/mol.